The van der Waals surface area contributed by atoms with E-state index in [0.717, 1.165) is 18.4 Å². The van der Waals surface area contributed by atoms with Crippen molar-refractivity contribution in [1.82, 2.24) is 5.32 Å². The van der Waals surface area contributed by atoms with Crippen LogP contribution in [-0.4, -0.2) is 12.6 Å². The molecule has 1 aliphatic rings. The van der Waals surface area contributed by atoms with Gasteiger partial charge in [0.25, 0.3) is 0 Å². The lowest BCUT2D eigenvalue weighted by atomic mass is 10.1. The molecule has 70 valence electrons. The van der Waals surface area contributed by atoms with Gasteiger partial charge in [-0.3, -0.25) is 0 Å². The van der Waals surface area contributed by atoms with Crippen LogP contribution in [0.2, 0.25) is 0 Å². The maximum Gasteiger partial charge on any atom is 0.00697 e. The molecular formula is C11H21N. The Morgan fingerprint density at radius 2 is 2.33 bits per heavy atom. The van der Waals surface area contributed by atoms with Crippen LogP contribution in [0.1, 0.15) is 39.0 Å². The van der Waals surface area contributed by atoms with Crippen LogP contribution in [0.3, 0.4) is 0 Å². The van der Waals surface area contributed by atoms with Gasteiger partial charge in [-0.05, 0) is 44.6 Å². The number of hydrogen-bond donors (Lipinski definition) is 1. The maximum atomic E-state index is 3.71. The summed E-state index contributed by atoms with van der Waals surface area (Å²) in [6.07, 6.45) is 8.57. The van der Waals surface area contributed by atoms with Crippen LogP contribution in [0, 0.1) is 5.92 Å². The Balaban J connectivity index is 1.96. The van der Waals surface area contributed by atoms with Gasteiger partial charge >= 0.3 is 0 Å². The fraction of sp³-hybridized carbons (Fsp3) is 0.818. The minimum absolute atomic E-state index is 0.810. The lowest BCUT2D eigenvalue weighted by Crippen LogP contribution is -2.27. The van der Waals surface area contributed by atoms with Crippen molar-refractivity contribution < 1.29 is 0 Å². The summed E-state index contributed by atoms with van der Waals surface area (Å²) in [4.78, 5) is 0. The highest BCUT2D eigenvalue weighted by atomic mass is 14.9. The number of rotatable bonds is 5. The lowest BCUT2D eigenvalue weighted by molar-refractivity contribution is 0.497. The summed E-state index contributed by atoms with van der Waals surface area (Å²) in [5.74, 6) is 0.946. The average molecular weight is 167 g/mol. The van der Waals surface area contributed by atoms with Crippen molar-refractivity contribution in [2.75, 3.05) is 6.54 Å². The molecule has 1 aliphatic carbocycles. The maximum absolute atomic E-state index is 3.71. The first-order valence-electron chi connectivity index (χ1n) is 5.17. The number of nitrogens with one attached hydrogen (secondary N) is 1. The van der Waals surface area contributed by atoms with Crippen molar-refractivity contribution in [1.29, 1.82) is 0 Å². The van der Waals surface area contributed by atoms with Crippen LogP contribution in [-0.2, 0) is 0 Å². The molecule has 1 N–H and O–H groups in total. The third-order valence-corrected chi connectivity index (χ3v) is 2.71. The second-order valence-corrected chi connectivity index (χ2v) is 4.00. The van der Waals surface area contributed by atoms with Gasteiger partial charge in [-0.1, -0.05) is 13.0 Å². The Morgan fingerprint density at radius 3 is 2.92 bits per heavy atom. The van der Waals surface area contributed by atoms with E-state index in [9.17, 15) is 0 Å². The van der Waals surface area contributed by atoms with Gasteiger partial charge in [0.05, 0.1) is 0 Å². The smallest absolute Gasteiger partial charge is 0.00697 e. The third kappa shape index (κ3) is 3.40. The molecule has 0 bridgehead atoms. The van der Waals surface area contributed by atoms with Gasteiger partial charge in [0, 0.05) is 6.04 Å². The normalized spacial score (nSPS) is 29.1. The minimum Gasteiger partial charge on any atom is -0.314 e. The molecule has 0 spiro atoms. The van der Waals surface area contributed by atoms with Gasteiger partial charge in [0.15, 0.2) is 0 Å². The molecule has 12 heavy (non-hydrogen) atoms. The van der Waals surface area contributed by atoms with Gasteiger partial charge in [-0.15, -0.1) is 6.58 Å². The highest BCUT2D eigenvalue weighted by Crippen LogP contribution is 2.24. The molecule has 1 rings (SSSR count). The molecule has 1 heteroatoms. The Hall–Kier alpha value is -0.300. The van der Waals surface area contributed by atoms with E-state index in [-0.39, 0.29) is 0 Å². The quantitative estimate of drug-likeness (QED) is 0.490. The predicted molar refractivity (Wildman–Crippen MR) is 54.2 cm³/mol. The molecule has 0 aromatic carbocycles. The van der Waals surface area contributed by atoms with Crippen molar-refractivity contribution in [3.05, 3.63) is 12.7 Å². The van der Waals surface area contributed by atoms with Gasteiger partial charge in [0.2, 0.25) is 0 Å². The molecule has 0 heterocycles. The van der Waals surface area contributed by atoms with E-state index in [1.54, 1.807) is 0 Å². The summed E-state index contributed by atoms with van der Waals surface area (Å²) in [5, 5.41) is 3.60. The van der Waals surface area contributed by atoms with Crippen LogP contribution in [0.15, 0.2) is 12.7 Å². The monoisotopic (exact) mass is 167 g/mol. The number of hydrogen-bond acceptors (Lipinski definition) is 1. The zero-order chi connectivity index (χ0) is 8.81. The first-order valence-corrected chi connectivity index (χ1v) is 5.17. The third-order valence-electron chi connectivity index (χ3n) is 2.71. The fourth-order valence-electron chi connectivity index (χ4n) is 1.95. The second kappa shape index (κ2) is 5.36. The summed E-state index contributed by atoms with van der Waals surface area (Å²) >= 11 is 0. The Labute approximate surface area is 76.2 Å². The second-order valence-electron chi connectivity index (χ2n) is 4.00. The molecule has 1 fully saturated rings. The van der Waals surface area contributed by atoms with E-state index in [2.05, 4.69) is 18.8 Å². The van der Waals surface area contributed by atoms with Crippen LogP contribution >= 0.6 is 0 Å². The average Bonchev–Trinajstić information content (AvgIpc) is 2.45. The lowest BCUT2D eigenvalue weighted by Gasteiger charge is -2.11. The SMILES string of the molecule is C=CCCCNC1CCC(C)C1. The van der Waals surface area contributed by atoms with Crippen molar-refractivity contribution in [3.63, 3.8) is 0 Å². The van der Waals surface area contributed by atoms with Crippen LogP contribution in [0.25, 0.3) is 0 Å². The molecule has 0 aliphatic heterocycles. The predicted octanol–water partition coefficient (Wildman–Crippen LogP) is 2.73. The number of unbranched alkanes of at least 4 members (excludes halogenated alkanes) is 1. The largest absolute Gasteiger partial charge is 0.314 e. The van der Waals surface area contributed by atoms with Crippen molar-refractivity contribution in [2.24, 2.45) is 5.92 Å². The van der Waals surface area contributed by atoms with Gasteiger partial charge in [-0.2, -0.15) is 0 Å². The molecule has 0 saturated heterocycles. The van der Waals surface area contributed by atoms with E-state index in [1.807, 2.05) is 6.08 Å². The highest BCUT2D eigenvalue weighted by molar-refractivity contribution is 4.78. The van der Waals surface area contributed by atoms with Gasteiger partial charge in [0.1, 0.15) is 0 Å². The molecule has 0 aromatic rings. The molecule has 0 aromatic heterocycles. The van der Waals surface area contributed by atoms with E-state index >= 15 is 0 Å². The summed E-state index contributed by atoms with van der Waals surface area (Å²) < 4.78 is 0. The highest BCUT2D eigenvalue weighted by Gasteiger charge is 2.19. The zero-order valence-corrected chi connectivity index (χ0v) is 8.18. The first-order chi connectivity index (χ1) is 5.83. The fourth-order valence-corrected chi connectivity index (χ4v) is 1.95. The topological polar surface area (TPSA) is 12.0 Å². The summed E-state index contributed by atoms with van der Waals surface area (Å²) in [6, 6.07) is 0.810. The van der Waals surface area contributed by atoms with E-state index in [4.69, 9.17) is 0 Å². The van der Waals surface area contributed by atoms with E-state index in [0.29, 0.717) is 0 Å². The molecule has 2 unspecified atom stereocenters. The van der Waals surface area contributed by atoms with Gasteiger partial charge in [-0.25, -0.2) is 0 Å². The van der Waals surface area contributed by atoms with Crippen molar-refractivity contribution in [3.8, 4) is 0 Å². The minimum atomic E-state index is 0.810. The van der Waals surface area contributed by atoms with E-state index in [1.165, 1.54) is 32.2 Å². The van der Waals surface area contributed by atoms with Crippen molar-refractivity contribution in [2.45, 2.75) is 45.1 Å². The molecule has 1 saturated carbocycles. The number of allylic oxidation sites excluding steroid dienone is 1. The molecule has 2 atom stereocenters. The van der Waals surface area contributed by atoms with Crippen LogP contribution < -0.4 is 5.32 Å². The molecule has 1 nitrogen and oxygen atoms in total. The van der Waals surface area contributed by atoms with E-state index < -0.39 is 0 Å². The summed E-state index contributed by atoms with van der Waals surface area (Å²) in [5.41, 5.74) is 0. The Bertz CT molecular complexity index is 131. The van der Waals surface area contributed by atoms with Crippen LogP contribution in [0.4, 0.5) is 0 Å². The summed E-state index contributed by atoms with van der Waals surface area (Å²) in [7, 11) is 0. The zero-order valence-electron chi connectivity index (χ0n) is 8.18. The Morgan fingerprint density at radius 1 is 1.50 bits per heavy atom. The first kappa shape index (κ1) is 9.79. The van der Waals surface area contributed by atoms with Crippen LogP contribution in [0.5, 0.6) is 0 Å². The van der Waals surface area contributed by atoms with Crippen molar-refractivity contribution >= 4 is 0 Å². The van der Waals surface area contributed by atoms with Gasteiger partial charge < -0.3 is 5.32 Å². The standard InChI is InChI=1S/C11H21N/c1-3-4-5-8-12-11-7-6-10(2)9-11/h3,10-12H,1,4-9H2,2H3. The Kier molecular flexibility index (Phi) is 4.37. The summed E-state index contributed by atoms with van der Waals surface area (Å²) in [6.45, 7) is 7.24. The molecule has 0 radical (unpaired) electrons. The molecular weight excluding hydrogens is 146 g/mol. The molecule has 0 amide bonds.